The van der Waals surface area contributed by atoms with Crippen LogP contribution in [-0.2, 0) is 14.3 Å². The highest BCUT2D eigenvalue weighted by Gasteiger charge is 2.29. The van der Waals surface area contributed by atoms with Crippen molar-refractivity contribution >= 4 is 11.9 Å². The van der Waals surface area contributed by atoms with E-state index in [4.69, 9.17) is 4.74 Å². The van der Waals surface area contributed by atoms with E-state index in [1.54, 1.807) is 0 Å². The molecule has 1 aliphatic rings. The van der Waals surface area contributed by atoms with E-state index in [1.807, 2.05) is 18.2 Å². The van der Waals surface area contributed by atoms with Crippen molar-refractivity contribution in [3.8, 4) is 0 Å². The summed E-state index contributed by atoms with van der Waals surface area (Å²) < 4.78 is 4.82. The van der Waals surface area contributed by atoms with Crippen molar-refractivity contribution in [1.82, 2.24) is 5.32 Å². The number of hydrogen-bond acceptors (Lipinski definition) is 3. The second-order valence-electron chi connectivity index (χ2n) is 7.38. The maximum atomic E-state index is 12.5. The van der Waals surface area contributed by atoms with Crippen molar-refractivity contribution in [3.05, 3.63) is 35.9 Å². The topological polar surface area (TPSA) is 59.8 Å². The lowest BCUT2D eigenvalue weighted by Crippen LogP contribution is -3.14. The Morgan fingerprint density at radius 1 is 1.20 bits per heavy atom. The molecule has 1 fully saturated rings. The minimum atomic E-state index is -0.121. The number of carbonyl (C=O) groups is 2. The molecule has 1 saturated heterocycles. The Hall–Kier alpha value is -1.88. The van der Waals surface area contributed by atoms with Gasteiger partial charge >= 0.3 is 5.97 Å². The SMILES string of the molecule is COC(=O)C1CC[NH+](CC(=O)N[C@H](CC(C)C)c2ccccc2)CC1. The molecule has 0 aromatic heterocycles. The van der Waals surface area contributed by atoms with E-state index in [2.05, 4.69) is 31.3 Å². The van der Waals surface area contributed by atoms with Crippen molar-refractivity contribution < 1.29 is 19.2 Å². The fourth-order valence-electron chi connectivity index (χ4n) is 3.51. The highest BCUT2D eigenvalue weighted by Crippen LogP contribution is 2.20. The molecule has 2 rings (SSSR count). The summed E-state index contributed by atoms with van der Waals surface area (Å²) in [6, 6.07) is 10.2. The largest absolute Gasteiger partial charge is 0.469 e. The molecule has 0 aliphatic carbocycles. The molecule has 0 saturated carbocycles. The molecule has 1 aromatic rings. The quantitative estimate of drug-likeness (QED) is 0.732. The summed E-state index contributed by atoms with van der Waals surface area (Å²) in [4.78, 5) is 25.4. The molecule has 25 heavy (non-hydrogen) atoms. The number of ether oxygens (including phenoxy) is 1. The lowest BCUT2D eigenvalue weighted by atomic mass is 9.96. The molecule has 2 N–H and O–H groups in total. The molecular weight excluding hydrogens is 316 g/mol. The Kier molecular flexibility index (Phi) is 7.44. The number of benzene rings is 1. The first-order chi connectivity index (χ1) is 12.0. The van der Waals surface area contributed by atoms with E-state index in [0.717, 1.165) is 37.9 Å². The Morgan fingerprint density at radius 3 is 2.40 bits per heavy atom. The summed E-state index contributed by atoms with van der Waals surface area (Å²) >= 11 is 0. The number of esters is 1. The number of piperidine rings is 1. The zero-order valence-electron chi connectivity index (χ0n) is 15.6. The van der Waals surface area contributed by atoms with Gasteiger partial charge in [0.25, 0.3) is 5.91 Å². The number of nitrogens with one attached hydrogen (secondary N) is 2. The van der Waals surface area contributed by atoms with Crippen LogP contribution < -0.4 is 10.2 Å². The van der Waals surface area contributed by atoms with Crippen molar-refractivity contribution in [2.45, 2.75) is 39.2 Å². The van der Waals surface area contributed by atoms with Gasteiger partial charge in [0.05, 0.1) is 32.2 Å². The van der Waals surface area contributed by atoms with Gasteiger partial charge in [0.1, 0.15) is 0 Å². The molecule has 1 aliphatic heterocycles. The van der Waals surface area contributed by atoms with Crippen LogP contribution in [0, 0.1) is 11.8 Å². The van der Waals surface area contributed by atoms with Crippen molar-refractivity contribution in [2.24, 2.45) is 11.8 Å². The summed E-state index contributed by atoms with van der Waals surface area (Å²) in [5, 5.41) is 3.21. The number of rotatable bonds is 7. The number of methoxy groups -OCH3 is 1. The van der Waals surface area contributed by atoms with Crippen LogP contribution in [0.2, 0.25) is 0 Å². The standard InChI is InChI=1S/C20H30N2O3/c1-15(2)13-18(16-7-5-4-6-8-16)21-19(23)14-22-11-9-17(10-12-22)20(24)25-3/h4-8,15,17-18H,9-14H2,1-3H3,(H,21,23)/p+1/t18-/m1/s1. The lowest BCUT2D eigenvalue weighted by Gasteiger charge is -2.28. The van der Waals surface area contributed by atoms with Crippen LogP contribution >= 0.6 is 0 Å². The highest BCUT2D eigenvalue weighted by molar-refractivity contribution is 5.77. The van der Waals surface area contributed by atoms with E-state index in [0.29, 0.717) is 12.5 Å². The molecule has 0 spiro atoms. The predicted octanol–water partition coefficient (Wildman–Crippen LogP) is 1.36. The van der Waals surface area contributed by atoms with Gasteiger partial charge in [-0.3, -0.25) is 9.59 Å². The van der Waals surface area contributed by atoms with Gasteiger partial charge in [-0.25, -0.2) is 0 Å². The van der Waals surface area contributed by atoms with E-state index in [9.17, 15) is 9.59 Å². The third-order valence-corrected chi connectivity index (χ3v) is 4.88. The van der Waals surface area contributed by atoms with Gasteiger partial charge < -0.3 is 15.0 Å². The van der Waals surface area contributed by atoms with Crippen LogP contribution in [0.1, 0.15) is 44.7 Å². The summed E-state index contributed by atoms with van der Waals surface area (Å²) in [6.45, 7) is 6.49. The normalized spacial score (nSPS) is 21.6. The average Bonchev–Trinajstić information content (AvgIpc) is 2.61. The summed E-state index contributed by atoms with van der Waals surface area (Å²) in [6.07, 6.45) is 2.52. The summed E-state index contributed by atoms with van der Waals surface area (Å²) in [5.74, 6) is 0.467. The molecule has 0 unspecified atom stereocenters. The monoisotopic (exact) mass is 347 g/mol. The van der Waals surface area contributed by atoms with E-state index in [-0.39, 0.29) is 23.8 Å². The second-order valence-corrected chi connectivity index (χ2v) is 7.38. The molecule has 5 nitrogen and oxygen atoms in total. The van der Waals surface area contributed by atoms with Crippen LogP contribution in [0.25, 0.3) is 0 Å². The molecule has 0 bridgehead atoms. The lowest BCUT2D eigenvalue weighted by molar-refractivity contribution is -0.897. The van der Waals surface area contributed by atoms with Crippen LogP contribution in [-0.4, -0.2) is 38.6 Å². The Morgan fingerprint density at radius 2 is 1.84 bits per heavy atom. The first-order valence-electron chi connectivity index (χ1n) is 9.25. The van der Waals surface area contributed by atoms with Gasteiger partial charge in [-0.1, -0.05) is 44.2 Å². The predicted molar refractivity (Wildman–Crippen MR) is 97.1 cm³/mol. The van der Waals surface area contributed by atoms with Gasteiger partial charge in [0, 0.05) is 12.8 Å². The molecule has 1 atom stereocenters. The van der Waals surface area contributed by atoms with E-state index >= 15 is 0 Å². The number of likely N-dealkylation sites (tertiary alicyclic amines) is 1. The number of quaternary nitrogens is 1. The third-order valence-electron chi connectivity index (χ3n) is 4.88. The van der Waals surface area contributed by atoms with Gasteiger partial charge in [-0.15, -0.1) is 0 Å². The molecule has 138 valence electrons. The zero-order chi connectivity index (χ0) is 18.2. The Bertz CT molecular complexity index is 551. The van der Waals surface area contributed by atoms with Crippen LogP contribution in [0.4, 0.5) is 0 Å². The molecule has 1 amide bonds. The first-order valence-corrected chi connectivity index (χ1v) is 9.25. The Labute approximate surface area is 150 Å². The van der Waals surface area contributed by atoms with Crippen LogP contribution in [0.5, 0.6) is 0 Å². The summed E-state index contributed by atoms with van der Waals surface area (Å²) in [7, 11) is 1.44. The maximum Gasteiger partial charge on any atom is 0.309 e. The molecule has 1 heterocycles. The third kappa shape index (κ3) is 6.16. The number of hydrogen-bond donors (Lipinski definition) is 2. The second kappa shape index (κ2) is 9.56. The van der Waals surface area contributed by atoms with Crippen LogP contribution in [0.3, 0.4) is 0 Å². The Balaban J connectivity index is 1.86. The van der Waals surface area contributed by atoms with Crippen molar-refractivity contribution in [3.63, 3.8) is 0 Å². The van der Waals surface area contributed by atoms with Crippen molar-refractivity contribution in [2.75, 3.05) is 26.7 Å². The van der Waals surface area contributed by atoms with Gasteiger partial charge in [0.2, 0.25) is 0 Å². The van der Waals surface area contributed by atoms with Crippen molar-refractivity contribution in [1.29, 1.82) is 0 Å². The summed E-state index contributed by atoms with van der Waals surface area (Å²) in [5.41, 5.74) is 1.16. The molecule has 0 radical (unpaired) electrons. The number of carbonyl (C=O) groups excluding carboxylic acids is 2. The fourth-order valence-corrected chi connectivity index (χ4v) is 3.51. The first kappa shape index (κ1) is 19.4. The molecular formula is C20H31N2O3+. The van der Waals surface area contributed by atoms with Crippen LogP contribution in [0.15, 0.2) is 30.3 Å². The minimum Gasteiger partial charge on any atom is -0.469 e. The van der Waals surface area contributed by atoms with E-state index < -0.39 is 0 Å². The molecule has 1 aromatic carbocycles. The maximum absolute atomic E-state index is 12.5. The average molecular weight is 347 g/mol. The van der Waals surface area contributed by atoms with Gasteiger partial charge in [-0.05, 0) is 17.9 Å². The highest BCUT2D eigenvalue weighted by atomic mass is 16.5. The van der Waals surface area contributed by atoms with Gasteiger partial charge in [0.15, 0.2) is 6.54 Å². The van der Waals surface area contributed by atoms with Gasteiger partial charge in [-0.2, -0.15) is 0 Å². The molecule has 5 heteroatoms. The zero-order valence-corrected chi connectivity index (χ0v) is 15.6. The smallest absolute Gasteiger partial charge is 0.309 e. The van der Waals surface area contributed by atoms with E-state index in [1.165, 1.54) is 12.0 Å². The fraction of sp³-hybridized carbons (Fsp3) is 0.600. The number of amides is 1. The minimum absolute atomic E-state index is 0.00480.